The summed E-state index contributed by atoms with van der Waals surface area (Å²) in [6.45, 7) is 2.45. The first-order valence-corrected chi connectivity index (χ1v) is 8.60. The zero-order valence-electron chi connectivity index (χ0n) is 14.5. The second-order valence-corrected chi connectivity index (χ2v) is 6.86. The van der Waals surface area contributed by atoms with Crippen LogP contribution in [0.25, 0.3) is 0 Å². The van der Waals surface area contributed by atoms with Crippen molar-refractivity contribution in [3.63, 3.8) is 0 Å². The van der Waals surface area contributed by atoms with Gasteiger partial charge in [-0.3, -0.25) is 4.79 Å². The third-order valence-corrected chi connectivity index (χ3v) is 4.80. The number of rotatable bonds is 7. The summed E-state index contributed by atoms with van der Waals surface area (Å²) >= 11 is 1.54. The van der Waals surface area contributed by atoms with Crippen LogP contribution in [-0.4, -0.2) is 37.3 Å². The van der Waals surface area contributed by atoms with Gasteiger partial charge in [-0.15, -0.1) is 11.8 Å². The monoisotopic (exact) mass is 345 g/mol. The Hall–Kier alpha value is -2.14. The van der Waals surface area contributed by atoms with Gasteiger partial charge in [0.1, 0.15) is 11.5 Å². The lowest BCUT2D eigenvalue weighted by molar-refractivity contribution is -0.129. The highest BCUT2D eigenvalue weighted by Gasteiger charge is 2.19. The highest BCUT2D eigenvalue weighted by atomic mass is 32.2. The highest BCUT2D eigenvalue weighted by Crippen LogP contribution is 2.27. The lowest BCUT2D eigenvalue weighted by atomic mass is 10.2. The van der Waals surface area contributed by atoms with Gasteiger partial charge < -0.3 is 14.4 Å². The van der Waals surface area contributed by atoms with Crippen LogP contribution in [0.1, 0.15) is 12.5 Å². The Labute approximate surface area is 147 Å². The number of methoxy groups -OCH3 is 2. The van der Waals surface area contributed by atoms with Crippen molar-refractivity contribution in [1.82, 2.24) is 4.90 Å². The number of benzene rings is 2. The van der Waals surface area contributed by atoms with Crippen LogP contribution >= 0.6 is 11.8 Å². The molecule has 128 valence electrons. The van der Waals surface area contributed by atoms with Crippen molar-refractivity contribution >= 4 is 17.7 Å². The van der Waals surface area contributed by atoms with Crippen LogP contribution in [0, 0.1) is 0 Å². The standard InChI is InChI=1S/C19H23NO3S/c1-14(24-17-11-9-16(22-3)10-12-17)19(21)20(2)13-15-7-5-6-8-18(15)23-4/h5-12,14H,13H2,1-4H3. The molecule has 0 aliphatic carbocycles. The fourth-order valence-corrected chi connectivity index (χ4v) is 3.37. The van der Waals surface area contributed by atoms with Gasteiger partial charge in [0.25, 0.3) is 0 Å². The number of hydrogen-bond donors (Lipinski definition) is 0. The number of carbonyl (C=O) groups is 1. The minimum Gasteiger partial charge on any atom is -0.497 e. The van der Waals surface area contributed by atoms with Crippen LogP contribution < -0.4 is 9.47 Å². The average molecular weight is 345 g/mol. The van der Waals surface area contributed by atoms with E-state index in [1.807, 2.05) is 62.5 Å². The summed E-state index contributed by atoms with van der Waals surface area (Å²) in [4.78, 5) is 15.4. The van der Waals surface area contributed by atoms with Crippen LogP contribution in [0.2, 0.25) is 0 Å². The van der Waals surface area contributed by atoms with E-state index in [2.05, 4.69) is 0 Å². The molecule has 0 saturated carbocycles. The quantitative estimate of drug-likeness (QED) is 0.715. The molecule has 0 aliphatic rings. The molecule has 0 aromatic heterocycles. The molecule has 0 radical (unpaired) electrons. The van der Waals surface area contributed by atoms with E-state index in [-0.39, 0.29) is 11.2 Å². The molecule has 1 atom stereocenters. The number of ether oxygens (including phenoxy) is 2. The van der Waals surface area contributed by atoms with E-state index in [1.165, 1.54) is 0 Å². The summed E-state index contributed by atoms with van der Waals surface area (Å²) < 4.78 is 10.5. The predicted octanol–water partition coefficient (Wildman–Crippen LogP) is 3.84. The van der Waals surface area contributed by atoms with Crippen molar-refractivity contribution in [3.05, 3.63) is 54.1 Å². The molecule has 0 heterocycles. The molecule has 1 unspecified atom stereocenters. The van der Waals surface area contributed by atoms with Crippen LogP contribution in [0.3, 0.4) is 0 Å². The maximum atomic E-state index is 12.6. The van der Waals surface area contributed by atoms with E-state index < -0.39 is 0 Å². The first kappa shape index (κ1) is 18.2. The minimum atomic E-state index is -0.168. The normalized spacial score (nSPS) is 11.7. The second-order valence-electron chi connectivity index (χ2n) is 5.44. The maximum absolute atomic E-state index is 12.6. The second kappa shape index (κ2) is 8.64. The number of hydrogen-bond acceptors (Lipinski definition) is 4. The van der Waals surface area contributed by atoms with Gasteiger partial charge in [0.15, 0.2) is 0 Å². The van der Waals surface area contributed by atoms with Gasteiger partial charge in [0, 0.05) is 24.1 Å². The topological polar surface area (TPSA) is 38.8 Å². The summed E-state index contributed by atoms with van der Waals surface area (Å²) in [6.07, 6.45) is 0. The third kappa shape index (κ3) is 4.68. The fourth-order valence-electron chi connectivity index (χ4n) is 2.39. The molecule has 0 aliphatic heterocycles. The van der Waals surface area contributed by atoms with Gasteiger partial charge in [0.05, 0.1) is 19.5 Å². The van der Waals surface area contributed by atoms with Crippen molar-refractivity contribution in [1.29, 1.82) is 0 Å². The summed E-state index contributed by atoms with van der Waals surface area (Å²) in [5.41, 5.74) is 0.998. The molecule has 0 N–H and O–H groups in total. The number of thioether (sulfide) groups is 1. The first-order valence-electron chi connectivity index (χ1n) is 7.72. The SMILES string of the molecule is COc1ccc(SC(C)C(=O)N(C)Cc2ccccc2OC)cc1. The Morgan fingerprint density at radius 1 is 1.08 bits per heavy atom. The summed E-state index contributed by atoms with van der Waals surface area (Å²) in [5, 5.41) is -0.168. The smallest absolute Gasteiger partial charge is 0.235 e. The Morgan fingerprint density at radius 2 is 1.75 bits per heavy atom. The summed E-state index contributed by atoms with van der Waals surface area (Å²) in [7, 11) is 5.10. The van der Waals surface area contributed by atoms with Gasteiger partial charge in [-0.2, -0.15) is 0 Å². The van der Waals surface area contributed by atoms with Gasteiger partial charge in [0.2, 0.25) is 5.91 Å². The molecule has 1 amide bonds. The Bertz CT molecular complexity index is 673. The van der Waals surface area contributed by atoms with E-state index in [0.29, 0.717) is 6.54 Å². The van der Waals surface area contributed by atoms with Crippen molar-refractivity contribution in [2.75, 3.05) is 21.3 Å². The number of carbonyl (C=O) groups excluding carboxylic acids is 1. The van der Waals surface area contributed by atoms with Gasteiger partial charge in [-0.25, -0.2) is 0 Å². The first-order chi connectivity index (χ1) is 11.5. The average Bonchev–Trinajstić information content (AvgIpc) is 2.62. The van der Waals surface area contributed by atoms with E-state index in [1.54, 1.807) is 30.9 Å². The zero-order chi connectivity index (χ0) is 17.5. The van der Waals surface area contributed by atoms with Crippen LogP contribution in [-0.2, 0) is 11.3 Å². The molecule has 2 aromatic carbocycles. The molecule has 0 spiro atoms. The van der Waals surface area contributed by atoms with Gasteiger partial charge >= 0.3 is 0 Å². The molecule has 5 heteroatoms. The van der Waals surface area contributed by atoms with Gasteiger partial charge in [-0.1, -0.05) is 18.2 Å². The van der Waals surface area contributed by atoms with E-state index in [0.717, 1.165) is 22.0 Å². The van der Waals surface area contributed by atoms with Crippen molar-refractivity contribution < 1.29 is 14.3 Å². The molecule has 24 heavy (non-hydrogen) atoms. The van der Waals surface area contributed by atoms with E-state index in [4.69, 9.17) is 9.47 Å². The molecule has 2 aromatic rings. The molecule has 2 rings (SSSR count). The zero-order valence-corrected chi connectivity index (χ0v) is 15.3. The highest BCUT2D eigenvalue weighted by molar-refractivity contribution is 8.00. The summed E-state index contributed by atoms with van der Waals surface area (Å²) in [6, 6.07) is 15.5. The largest absolute Gasteiger partial charge is 0.497 e. The lowest BCUT2D eigenvalue weighted by Crippen LogP contribution is -2.32. The predicted molar refractivity (Wildman–Crippen MR) is 97.8 cm³/mol. The molecule has 0 saturated heterocycles. The Morgan fingerprint density at radius 3 is 2.38 bits per heavy atom. The third-order valence-electron chi connectivity index (χ3n) is 3.70. The Kier molecular flexibility index (Phi) is 6.55. The van der Waals surface area contributed by atoms with Crippen molar-refractivity contribution in [2.45, 2.75) is 23.6 Å². The Balaban J connectivity index is 1.98. The molecule has 0 fully saturated rings. The van der Waals surface area contributed by atoms with Crippen molar-refractivity contribution in [3.8, 4) is 11.5 Å². The minimum absolute atomic E-state index is 0.0849. The molecule has 4 nitrogen and oxygen atoms in total. The van der Waals surface area contributed by atoms with Crippen LogP contribution in [0.15, 0.2) is 53.4 Å². The number of amides is 1. The lowest BCUT2D eigenvalue weighted by Gasteiger charge is -2.22. The number of para-hydroxylation sites is 1. The van der Waals surface area contributed by atoms with E-state index in [9.17, 15) is 4.79 Å². The molecular weight excluding hydrogens is 322 g/mol. The molecular formula is C19H23NO3S. The van der Waals surface area contributed by atoms with E-state index >= 15 is 0 Å². The van der Waals surface area contributed by atoms with Crippen molar-refractivity contribution in [2.24, 2.45) is 0 Å². The van der Waals surface area contributed by atoms with Crippen LogP contribution in [0.5, 0.6) is 11.5 Å². The van der Waals surface area contributed by atoms with Gasteiger partial charge in [-0.05, 0) is 37.3 Å². The number of nitrogens with zero attached hydrogens (tertiary/aromatic N) is 1. The molecule has 0 bridgehead atoms. The van der Waals surface area contributed by atoms with Crippen LogP contribution in [0.4, 0.5) is 0 Å². The fraction of sp³-hybridized carbons (Fsp3) is 0.316. The summed E-state index contributed by atoms with van der Waals surface area (Å²) in [5.74, 6) is 1.70. The maximum Gasteiger partial charge on any atom is 0.235 e.